The number of nitrogens with zero attached hydrogens (tertiary/aromatic N) is 2. The predicted octanol–water partition coefficient (Wildman–Crippen LogP) is 17.9. The van der Waals surface area contributed by atoms with Gasteiger partial charge in [-0.15, -0.1) is 11.3 Å². The van der Waals surface area contributed by atoms with E-state index < -0.39 is 0 Å². The van der Waals surface area contributed by atoms with Crippen molar-refractivity contribution in [3.63, 3.8) is 0 Å². The van der Waals surface area contributed by atoms with Gasteiger partial charge in [0, 0.05) is 48.5 Å². The van der Waals surface area contributed by atoms with E-state index in [4.69, 9.17) is 0 Å². The van der Waals surface area contributed by atoms with Gasteiger partial charge in [-0.3, -0.25) is 0 Å². The maximum absolute atomic E-state index is 2.59. The lowest BCUT2D eigenvalue weighted by Gasteiger charge is -2.45. The summed E-state index contributed by atoms with van der Waals surface area (Å²) < 4.78 is 2.58. The minimum atomic E-state index is -0.384. The summed E-state index contributed by atoms with van der Waals surface area (Å²) in [7, 11) is 0. The maximum Gasteiger partial charge on any atom is 0.0640 e. The van der Waals surface area contributed by atoms with Gasteiger partial charge in [0.15, 0.2) is 0 Å². The maximum atomic E-state index is 2.59. The monoisotopic (exact) mass is 850 g/mol. The molecule has 0 bridgehead atoms. The minimum absolute atomic E-state index is 0.157. The fourth-order valence-electron chi connectivity index (χ4n) is 11.5. The normalized spacial score (nSPS) is 14.4. The Morgan fingerprint density at radius 2 is 1.05 bits per heavy atom. The fourth-order valence-corrected chi connectivity index (χ4v) is 12.7. The molecular weight excluding hydrogens is 805 g/mol. The molecule has 13 rings (SSSR count). The van der Waals surface area contributed by atoms with Crippen LogP contribution >= 0.6 is 11.3 Å². The van der Waals surface area contributed by atoms with Crippen molar-refractivity contribution in [3.05, 3.63) is 229 Å². The van der Waals surface area contributed by atoms with Crippen LogP contribution in [-0.2, 0) is 10.8 Å². The van der Waals surface area contributed by atoms with Gasteiger partial charge in [-0.05, 0) is 98.1 Å². The molecule has 2 nitrogen and oxygen atoms in total. The average molecular weight is 851 g/mol. The molecule has 65 heavy (non-hydrogen) atoms. The van der Waals surface area contributed by atoms with E-state index in [0.717, 1.165) is 5.69 Å². The molecular formula is C62H46N2S. The molecule has 1 aliphatic heterocycles. The van der Waals surface area contributed by atoms with Gasteiger partial charge in [-0.1, -0.05) is 185 Å². The minimum Gasteiger partial charge on any atom is -0.309 e. The molecule has 1 aliphatic carbocycles. The third kappa shape index (κ3) is 5.52. The molecule has 3 heteroatoms. The lowest BCUT2D eigenvalue weighted by atomic mass is 9.72. The van der Waals surface area contributed by atoms with Crippen LogP contribution < -0.4 is 9.80 Å². The summed E-state index contributed by atoms with van der Waals surface area (Å²) in [5.41, 5.74) is 16.9. The van der Waals surface area contributed by atoms with E-state index in [-0.39, 0.29) is 10.8 Å². The smallest absolute Gasteiger partial charge is 0.0640 e. The van der Waals surface area contributed by atoms with E-state index >= 15 is 0 Å². The average Bonchev–Trinajstić information content (AvgIpc) is 3.83. The Kier molecular flexibility index (Phi) is 8.20. The first-order chi connectivity index (χ1) is 31.8. The molecule has 0 fully saturated rings. The number of thiophene rings is 1. The predicted molar refractivity (Wildman–Crippen MR) is 279 cm³/mol. The Morgan fingerprint density at radius 3 is 1.92 bits per heavy atom. The number of fused-ring (bicyclic) bond motifs is 10. The van der Waals surface area contributed by atoms with E-state index in [0.29, 0.717) is 0 Å². The number of rotatable bonds is 5. The molecule has 310 valence electrons. The summed E-state index contributed by atoms with van der Waals surface area (Å²) in [5.74, 6) is 0. The lowest BCUT2D eigenvalue weighted by Crippen LogP contribution is -2.32. The first kappa shape index (κ1) is 38.0. The van der Waals surface area contributed by atoms with Crippen LogP contribution in [-0.4, -0.2) is 0 Å². The second-order valence-electron chi connectivity index (χ2n) is 18.9. The van der Waals surface area contributed by atoms with E-state index in [1.807, 2.05) is 11.3 Å². The molecule has 0 N–H and O–H groups in total. The van der Waals surface area contributed by atoms with Crippen molar-refractivity contribution in [2.24, 2.45) is 0 Å². The summed E-state index contributed by atoms with van der Waals surface area (Å²) in [5, 5.41) is 7.49. The summed E-state index contributed by atoms with van der Waals surface area (Å²) >= 11 is 1.89. The Balaban J connectivity index is 1.12. The molecule has 0 saturated carbocycles. The third-order valence-electron chi connectivity index (χ3n) is 14.6. The van der Waals surface area contributed by atoms with E-state index in [2.05, 4.69) is 244 Å². The van der Waals surface area contributed by atoms with Gasteiger partial charge in [-0.25, -0.2) is 0 Å². The first-order valence-corrected chi connectivity index (χ1v) is 23.6. The van der Waals surface area contributed by atoms with Crippen LogP contribution in [0.4, 0.5) is 34.1 Å². The molecule has 0 atom stereocenters. The van der Waals surface area contributed by atoms with Crippen LogP contribution in [0.1, 0.15) is 49.9 Å². The van der Waals surface area contributed by atoms with Crippen molar-refractivity contribution >= 4 is 87.2 Å². The van der Waals surface area contributed by atoms with Gasteiger partial charge >= 0.3 is 0 Å². The largest absolute Gasteiger partial charge is 0.309 e. The van der Waals surface area contributed by atoms with E-state index in [9.17, 15) is 0 Å². The molecule has 0 amide bonds. The highest BCUT2D eigenvalue weighted by Gasteiger charge is 2.42. The SMILES string of the molecule is CC1(C)c2ccccc2-c2ccc(N(c3cccc4c3C(C)(C)c3ccccc3N4c3c(-c4ccc5ccccc5c4)ccc4ccccc34)c3cccc4c3sc3ccccc34)cc21. The van der Waals surface area contributed by atoms with Crippen LogP contribution in [0.5, 0.6) is 0 Å². The second-order valence-corrected chi connectivity index (χ2v) is 19.9. The molecule has 2 aliphatic rings. The van der Waals surface area contributed by atoms with E-state index in [1.54, 1.807) is 0 Å². The topological polar surface area (TPSA) is 6.48 Å². The zero-order valence-electron chi connectivity index (χ0n) is 36.9. The number of hydrogen-bond donors (Lipinski definition) is 0. The molecule has 0 unspecified atom stereocenters. The number of benzene rings is 10. The fraction of sp³-hybridized carbons (Fsp3) is 0.0968. The Morgan fingerprint density at radius 1 is 0.415 bits per heavy atom. The Bertz CT molecular complexity index is 3760. The molecule has 2 heterocycles. The molecule has 0 radical (unpaired) electrons. The summed E-state index contributed by atoms with van der Waals surface area (Å²) in [6.45, 7) is 9.63. The highest BCUT2D eigenvalue weighted by molar-refractivity contribution is 7.26. The lowest BCUT2D eigenvalue weighted by molar-refractivity contribution is 0.632. The molecule has 0 saturated heterocycles. The highest BCUT2D eigenvalue weighted by Crippen LogP contribution is 2.60. The first-order valence-electron chi connectivity index (χ1n) is 22.8. The van der Waals surface area contributed by atoms with Crippen LogP contribution in [0.3, 0.4) is 0 Å². The zero-order valence-corrected chi connectivity index (χ0v) is 37.7. The van der Waals surface area contributed by atoms with Gasteiger partial charge in [-0.2, -0.15) is 0 Å². The van der Waals surface area contributed by atoms with Crippen molar-refractivity contribution in [1.29, 1.82) is 0 Å². The number of para-hydroxylation sites is 1. The number of anilines is 6. The zero-order chi connectivity index (χ0) is 43.6. The van der Waals surface area contributed by atoms with Crippen molar-refractivity contribution < 1.29 is 0 Å². The van der Waals surface area contributed by atoms with Crippen molar-refractivity contribution in [1.82, 2.24) is 0 Å². The molecule has 0 spiro atoms. The molecule has 1 aromatic heterocycles. The highest BCUT2D eigenvalue weighted by atomic mass is 32.1. The van der Waals surface area contributed by atoms with Gasteiger partial charge in [0.2, 0.25) is 0 Å². The second kappa shape index (κ2) is 14.0. The third-order valence-corrected chi connectivity index (χ3v) is 15.8. The van der Waals surface area contributed by atoms with E-state index in [1.165, 1.54) is 115 Å². The molecule has 10 aromatic carbocycles. The quantitative estimate of drug-likeness (QED) is 0.170. The van der Waals surface area contributed by atoms with Crippen LogP contribution in [0, 0.1) is 0 Å². The van der Waals surface area contributed by atoms with Crippen LogP contribution in [0.2, 0.25) is 0 Å². The van der Waals surface area contributed by atoms with Gasteiger partial charge in [0.1, 0.15) is 0 Å². The summed E-state index contributed by atoms with van der Waals surface area (Å²) in [4.78, 5) is 5.18. The van der Waals surface area contributed by atoms with Gasteiger partial charge in [0.05, 0.1) is 33.1 Å². The van der Waals surface area contributed by atoms with Crippen molar-refractivity contribution in [2.75, 3.05) is 9.80 Å². The van der Waals surface area contributed by atoms with Gasteiger partial charge in [0.25, 0.3) is 0 Å². The Labute approximate surface area is 384 Å². The standard InChI is InChI=1S/C62H46N2S/c1-61(2)50-24-11-9-21-46(50)47-36-34-43(38-52(47)61)63(56-29-15-23-49-48-22-10-14-30-57(48)65-60(49)56)54-27-16-28-55-58(54)62(3,4)51-25-12-13-26-53(51)64(55)59-44-20-8-7-18-40(44)33-35-45(59)42-32-31-39-17-5-6-19-41(39)37-42/h5-38H,1-4H3. The van der Waals surface area contributed by atoms with Crippen molar-refractivity contribution in [2.45, 2.75) is 38.5 Å². The summed E-state index contributed by atoms with van der Waals surface area (Å²) in [6, 6.07) is 77.3. The van der Waals surface area contributed by atoms with Crippen LogP contribution in [0.15, 0.2) is 206 Å². The van der Waals surface area contributed by atoms with Crippen LogP contribution in [0.25, 0.3) is 64.0 Å². The van der Waals surface area contributed by atoms with Crippen molar-refractivity contribution in [3.8, 4) is 22.3 Å². The summed E-state index contributed by atoms with van der Waals surface area (Å²) in [6.07, 6.45) is 0. The Hall–Kier alpha value is -7.46. The number of hydrogen-bond acceptors (Lipinski definition) is 3. The molecule has 11 aromatic rings. The van der Waals surface area contributed by atoms with Gasteiger partial charge < -0.3 is 9.80 Å².